The summed E-state index contributed by atoms with van der Waals surface area (Å²) in [6.45, 7) is 9.03. The molecule has 30 heavy (non-hydrogen) atoms. The molecule has 3 aliphatic rings. The van der Waals surface area contributed by atoms with Gasteiger partial charge in [-0.2, -0.15) is 0 Å². The number of anilines is 2. The van der Waals surface area contributed by atoms with Crippen molar-refractivity contribution in [3.63, 3.8) is 0 Å². The molecule has 0 unspecified atom stereocenters. The van der Waals surface area contributed by atoms with Gasteiger partial charge >= 0.3 is 5.91 Å². The fourth-order valence-corrected chi connectivity index (χ4v) is 4.38. The number of aryl methyl sites for hydroxylation is 1. The average molecular weight is 407 g/mol. The van der Waals surface area contributed by atoms with Gasteiger partial charge < -0.3 is 14.4 Å². The van der Waals surface area contributed by atoms with Gasteiger partial charge in [-0.3, -0.25) is 19.4 Å². The number of rotatable bonds is 3. The van der Waals surface area contributed by atoms with Crippen LogP contribution in [0.3, 0.4) is 0 Å². The molecule has 0 aromatic heterocycles. The zero-order valence-electron chi connectivity index (χ0n) is 17.3. The second-order valence-electron chi connectivity index (χ2n) is 8.04. The molecule has 0 aliphatic carbocycles. The van der Waals surface area contributed by atoms with Gasteiger partial charge in [-0.25, -0.2) is 0 Å². The minimum atomic E-state index is -0.482. The number of amides is 1. The van der Waals surface area contributed by atoms with Crippen LogP contribution >= 0.6 is 0 Å². The maximum absolute atomic E-state index is 12.7. The predicted molar refractivity (Wildman–Crippen MR) is 114 cm³/mol. The fourth-order valence-electron chi connectivity index (χ4n) is 4.38. The minimum absolute atomic E-state index is 0.401. The molecule has 0 spiro atoms. The molecule has 2 aromatic carbocycles. The molecule has 0 bridgehead atoms. The van der Waals surface area contributed by atoms with Crippen molar-refractivity contribution >= 4 is 23.1 Å². The number of ether oxygens (including phenoxy) is 2. The number of carbonyl (C=O) groups is 2. The van der Waals surface area contributed by atoms with Gasteiger partial charge in [-0.15, -0.1) is 0 Å². The first-order valence-corrected chi connectivity index (χ1v) is 10.4. The van der Waals surface area contributed by atoms with Crippen molar-refractivity contribution in [1.82, 2.24) is 4.90 Å². The van der Waals surface area contributed by atoms with Gasteiger partial charge in [0, 0.05) is 37.9 Å². The van der Waals surface area contributed by atoms with Crippen molar-refractivity contribution in [2.45, 2.75) is 13.8 Å². The van der Waals surface area contributed by atoms with E-state index in [0.29, 0.717) is 42.6 Å². The van der Waals surface area contributed by atoms with Crippen LogP contribution in [0.1, 0.15) is 21.5 Å². The summed E-state index contributed by atoms with van der Waals surface area (Å²) in [5, 5.41) is 0. The second kappa shape index (κ2) is 7.32. The molecule has 1 amide bonds. The summed E-state index contributed by atoms with van der Waals surface area (Å²) >= 11 is 0. The van der Waals surface area contributed by atoms with Crippen LogP contribution in [0.4, 0.5) is 11.4 Å². The molecular formula is C23H25N3O4. The standard InChI is InChI=1S/C23H25N3O4/c1-15-4-3-5-18(16(15)2)25-8-6-24(7-9-25)14-26-19-13-21-20(29-10-11-30-21)12-17(19)22(27)23(26)28/h3-5,12-13H,6-11,14H2,1-2H3. The van der Waals surface area contributed by atoms with E-state index in [0.717, 1.165) is 26.2 Å². The lowest BCUT2D eigenvalue weighted by molar-refractivity contribution is -0.114. The monoisotopic (exact) mass is 407 g/mol. The van der Waals surface area contributed by atoms with E-state index >= 15 is 0 Å². The summed E-state index contributed by atoms with van der Waals surface area (Å²) < 4.78 is 11.2. The molecular weight excluding hydrogens is 382 g/mol. The molecule has 0 radical (unpaired) electrons. The Kier molecular flexibility index (Phi) is 4.62. The van der Waals surface area contributed by atoms with Crippen LogP contribution in [-0.2, 0) is 4.79 Å². The molecule has 5 rings (SSSR count). The van der Waals surface area contributed by atoms with E-state index in [1.807, 2.05) is 0 Å². The lowest BCUT2D eigenvalue weighted by atomic mass is 10.1. The fraction of sp³-hybridized carbons (Fsp3) is 0.391. The predicted octanol–water partition coefficient (Wildman–Crippen LogP) is 2.38. The van der Waals surface area contributed by atoms with Gasteiger partial charge in [0.15, 0.2) is 11.5 Å². The minimum Gasteiger partial charge on any atom is -0.486 e. The number of benzene rings is 2. The quantitative estimate of drug-likeness (QED) is 0.728. The van der Waals surface area contributed by atoms with E-state index in [1.54, 1.807) is 17.0 Å². The number of ketones is 1. The first kappa shape index (κ1) is 18.9. The van der Waals surface area contributed by atoms with Crippen LogP contribution in [0.25, 0.3) is 0 Å². The summed E-state index contributed by atoms with van der Waals surface area (Å²) in [5.41, 5.74) is 4.90. The van der Waals surface area contributed by atoms with Gasteiger partial charge in [0.1, 0.15) is 13.2 Å². The second-order valence-corrected chi connectivity index (χ2v) is 8.04. The highest BCUT2D eigenvalue weighted by atomic mass is 16.6. The van der Waals surface area contributed by atoms with Crippen LogP contribution in [0.2, 0.25) is 0 Å². The third-order valence-corrected chi connectivity index (χ3v) is 6.27. The lowest BCUT2D eigenvalue weighted by Gasteiger charge is -2.38. The Hall–Kier alpha value is -3.06. The third kappa shape index (κ3) is 3.10. The average Bonchev–Trinajstić information content (AvgIpc) is 2.99. The summed E-state index contributed by atoms with van der Waals surface area (Å²) in [5.74, 6) is 0.165. The van der Waals surface area contributed by atoms with E-state index in [2.05, 4.69) is 41.8 Å². The molecule has 7 heteroatoms. The Bertz CT molecular complexity index is 1030. The molecule has 0 saturated carbocycles. The maximum Gasteiger partial charge on any atom is 0.300 e. The number of hydrogen-bond acceptors (Lipinski definition) is 6. The van der Waals surface area contributed by atoms with Crippen molar-refractivity contribution in [1.29, 1.82) is 0 Å². The number of carbonyl (C=O) groups excluding carboxylic acids is 2. The van der Waals surface area contributed by atoms with E-state index in [-0.39, 0.29) is 0 Å². The molecule has 2 aromatic rings. The first-order valence-electron chi connectivity index (χ1n) is 10.4. The highest BCUT2D eigenvalue weighted by molar-refractivity contribution is 6.52. The Labute approximate surface area is 175 Å². The van der Waals surface area contributed by atoms with E-state index in [4.69, 9.17) is 9.47 Å². The molecule has 1 fully saturated rings. The lowest BCUT2D eigenvalue weighted by Crippen LogP contribution is -2.51. The van der Waals surface area contributed by atoms with Crippen LogP contribution in [0, 0.1) is 13.8 Å². The van der Waals surface area contributed by atoms with Gasteiger partial charge in [0.25, 0.3) is 5.78 Å². The van der Waals surface area contributed by atoms with Gasteiger partial charge in [0.2, 0.25) is 0 Å². The Balaban J connectivity index is 1.31. The summed E-state index contributed by atoms with van der Waals surface area (Å²) in [6.07, 6.45) is 0. The van der Waals surface area contributed by atoms with Crippen molar-refractivity contribution in [3.8, 4) is 11.5 Å². The van der Waals surface area contributed by atoms with Gasteiger partial charge in [-0.1, -0.05) is 12.1 Å². The summed E-state index contributed by atoms with van der Waals surface area (Å²) in [7, 11) is 0. The number of hydrogen-bond donors (Lipinski definition) is 0. The molecule has 3 aliphatic heterocycles. The zero-order chi connectivity index (χ0) is 20.8. The number of nitrogens with zero attached hydrogens (tertiary/aromatic N) is 3. The van der Waals surface area contributed by atoms with Crippen LogP contribution < -0.4 is 19.3 Å². The molecule has 1 saturated heterocycles. The van der Waals surface area contributed by atoms with Crippen LogP contribution in [0.15, 0.2) is 30.3 Å². The van der Waals surface area contributed by atoms with Crippen molar-refractivity contribution < 1.29 is 19.1 Å². The van der Waals surface area contributed by atoms with E-state index in [9.17, 15) is 9.59 Å². The number of fused-ring (bicyclic) bond motifs is 2. The molecule has 156 valence electrons. The summed E-state index contributed by atoms with van der Waals surface area (Å²) in [6, 6.07) is 9.81. The molecule has 7 nitrogen and oxygen atoms in total. The highest BCUT2D eigenvalue weighted by Gasteiger charge is 2.38. The Morgan fingerprint density at radius 3 is 2.33 bits per heavy atom. The molecule has 0 N–H and O–H groups in total. The van der Waals surface area contributed by atoms with Crippen molar-refractivity contribution in [2.75, 3.05) is 55.9 Å². The molecule has 3 heterocycles. The van der Waals surface area contributed by atoms with Crippen molar-refractivity contribution in [3.05, 3.63) is 47.0 Å². The SMILES string of the molecule is Cc1cccc(N2CCN(CN3C(=O)C(=O)c4cc5c(cc43)OCCO5)CC2)c1C. The van der Waals surface area contributed by atoms with Crippen LogP contribution in [0.5, 0.6) is 11.5 Å². The Morgan fingerprint density at radius 1 is 0.900 bits per heavy atom. The van der Waals surface area contributed by atoms with Gasteiger partial charge in [0.05, 0.1) is 17.9 Å². The van der Waals surface area contributed by atoms with Crippen LogP contribution in [-0.4, -0.2) is 62.7 Å². The van der Waals surface area contributed by atoms with E-state index in [1.165, 1.54) is 16.8 Å². The molecule has 0 atom stereocenters. The number of Topliss-reactive ketones (excluding diaryl/α,β-unsaturated/α-hetero) is 1. The van der Waals surface area contributed by atoms with E-state index < -0.39 is 11.7 Å². The third-order valence-electron chi connectivity index (χ3n) is 6.27. The Morgan fingerprint density at radius 2 is 1.60 bits per heavy atom. The largest absolute Gasteiger partial charge is 0.486 e. The smallest absolute Gasteiger partial charge is 0.300 e. The zero-order valence-corrected chi connectivity index (χ0v) is 17.3. The van der Waals surface area contributed by atoms with Gasteiger partial charge in [-0.05, 0) is 37.1 Å². The number of piperazine rings is 1. The topological polar surface area (TPSA) is 62.3 Å². The normalized spacial score (nSPS) is 18.7. The first-order chi connectivity index (χ1) is 14.5. The maximum atomic E-state index is 12.7. The summed E-state index contributed by atoms with van der Waals surface area (Å²) in [4.78, 5) is 31.4. The van der Waals surface area contributed by atoms with Crippen molar-refractivity contribution in [2.24, 2.45) is 0 Å². The highest BCUT2D eigenvalue weighted by Crippen LogP contribution is 2.40.